The van der Waals surface area contributed by atoms with E-state index in [0.29, 0.717) is 5.69 Å². The van der Waals surface area contributed by atoms with Crippen molar-refractivity contribution in [3.8, 4) is 0 Å². The third-order valence-corrected chi connectivity index (χ3v) is 4.12. The van der Waals surface area contributed by atoms with Crippen molar-refractivity contribution < 1.29 is 19.8 Å². The highest BCUT2D eigenvalue weighted by molar-refractivity contribution is 9.10. The van der Waals surface area contributed by atoms with Crippen molar-refractivity contribution in [2.24, 2.45) is 0 Å². The first-order valence-corrected chi connectivity index (χ1v) is 6.92. The van der Waals surface area contributed by atoms with Crippen molar-refractivity contribution >= 4 is 33.6 Å². The van der Waals surface area contributed by atoms with Gasteiger partial charge in [0, 0.05) is 23.1 Å². The molecule has 2 unspecified atom stereocenters. The number of aliphatic hydroxyl groups is 1. The van der Waals surface area contributed by atoms with Gasteiger partial charge in [0.05, 0.1) is 6.10 Å². The molecule has 108 valence electrons. The average molecular weight is 343 g/mol. The summed E-state index contributed by atoms with van der Waals surface area (Å²) < 4.78 is 0.926. The van der Waals surface area contributed by atoms with Crippen molar-refractivity contribution in [3.05, 3.63) is 28.2 Å². The Labute approximate surface area is 124 Å². The molecule has 1 fully saturated rings. The summed E-state index contributed by atoms with van der Waals surface area (Å²) in [6.45, 7) is 1.91. The Bertz CT molecular complexity index is 549. The van der Waals surface area contributed by atoms with Crippen LogP contribution in [0.15, 0.2) is 22.7 Å². The fraction of sp³-hybridized carbons (Fsp3) is 0.385. The molecule has 2 atom stereocenters. The first-order valence-electron chi connectivity index (χ1n) is 6.13. The molecule has 20 heavy (non-hydrogen) atoms. The minimum Gasteiger partial charge on any atom is -0.480 e. The molecule has 2 amide bonds. The van der Waals surface area contributed by atoms with Gasteiger partial charge in [0.1, 0.15) is 6.04 Å². The molecule has 6 nitrogen and oxygen atoms in total. The van der Waals surface area contributed by atoms with E-state index in [2.05, 4.69) is 21.2 Å². The summed E-state index contributed by atoms with van der Waals surface area (Å²) in [5.74, 6) is -1.11. The second-order valence-corrected chi connectivity index (χ2v) is 5.64. The molecule has 0 aromatic heterocycles. The van der Waals surface area contributed by atoms with E-state index in [-0.39, 0.29) is 13.0 Å². The molecule has 2 rings (SSSR count). The number of carboxylic acids is 1. The maximum atomic E-state index is 12.1. The van der Waals surface area contributed by atoms with Crippen molar-refractivity contribution in [2.45, 2.75) is 25.5 Å². The van der Waals surface area contributed by atoms with Crippen molar-refractivity contribution in [2.75, 3.05) is 11.9 Å². The van der Waals surface area contributed by atoms with Gasteiger partial charge in [-0.1, -0.05) is 15.9 Å². The van der Waals surface area contributed by atoms with E-state index in [1.165, 1.54) is 0 Å². The molecule has 1 heterocycles. The van der Waals surface area contributed by atoms with Crippen LogP contribution in [0.5, 0.6) is 0 Å². The number of halogens is 1. The molecule has 1 saturated heterocycles. The summed E-state index contributed by atoms with van der Waals surface area (Å²) in [4.78, 5) is 24.3. The molecule has 1 aromatic rings. The van der Waals surface area contributed by atoms with Gasteiger partial charge >= 0.3 is 12.0 Å². The predicted molar refractivity (Wildman–Crippen MR) is 76.7 cm³/mol. The lowest BCUT2D eigenvalue weighted by Gasteiger charge is -2.21. The molecule has 0 aliphatic carbocycles. The summed E-state index contributed by atoms with van der Waals surface area (Å²) in [6.07, 6.45) is -0.740. The van der Waals surface area contributed by atoms with Crippen LogP contribution in [0.25, 0.3) is 0 Å². The second-order valence-electron chi connectivity index (χ2n) is 4.79. The number of hydrogen-bond acceptors (Lipinski definition) is 3. The van der Waals surface area contributed by atoms with Crippen molar-refractivity contribution in [1.82, 2.24) is 4.90 Å². The lowest BCUT2D eigenvalue weighted by Crippen LogP contribution is -2.43. The minimum atomic E-state index is -1.11. The van der Waals surface area contributed by atoms with Gasteiger partial charge in [-0.25, -0.2) is 9.59 Å². The molecule has 3 N–H and O–H groups in total. The molecular formula is C13H15BrN2O4. The molecule has 0 bridgehead atoms. The minimum absolute atomic E-state index is 0.0261. The van der Waals surface area contributed by atoms with Gasteiger partial charge in [-0.2, -0.15) is 0 Å². The summed E-state index contributed by atoms with van der Waals surface area (Å²) in [6, 6.07) is 3.80. The Hall–Kier alpha value is -1.60. The Morgan fingerprint density at radius 3 is 2.75 bits per heavy atom. The van der Waals surface area contributed by atoms with Gasteiger partial charge in [-0.15, -0.1) is 0 Å². The first kappa shape index (κ1) is 14.8. The van der Waals surface area contributed by atoms with E-state index < -0.39 is 24.1 Å². The monoisotopic (exact) mass is 342 g/mol. The summed E-state index contributed by atoms with van der Waals surface area (Å²) in [5.41, 5.74) is 1.54. The maximum absolute atomic E-state index is 12.1. The number of nitrogens with zero attached hydrogens (tertiary/aromatic N) is 1. The quantitative estimate of drug-likeness (QED) is 0.764. The Kier molecular flexibility index (Phi) is 4.29. The van der Waals surface area contributed by atoms with Gasteiger partial charge in [0.15, 0.2) is 0 Å². The van der Waals surface area contributed by atoms with E-state index in [4.69, 9.17) is 5.11 Å². The van der Waals surface area contributed by atoms with E-state index in [9.17, 15) is 14.7 Å². The number of hydrogen-bond donors (Lipinski definition) is 3. The van der Waals surface area contributed by atoms with Crippen LogP contribution in [-0.2, 0) is 4.79 Å². The summed E-state index contributed by atoms with van der Waals surface area (Å²) in [7, 11) is 0. The fourth-order valence-corrected chi connectivity index (χ4v) is 2.44. The average Bonchev–Trinajstić information content (AvgIpc) is 2.76. The van der Waals surface area contributed by atoms with Crippen LogP contribution in [0.1, 0.15) is 12.0 Å². The van der Waals surface area contributed by atoms with Crippen LogP contribution in [-0.4, -0.2) is 45.8 Å². The number of carbonyl (C=O) groups is 2. The number of nitrogens with one attached hydrogen (secondary N) is 1. The zero-order valence-electron chi connectivity index (χ0n) is 10.8. The third kappa shape index (κ3) is 3.10. The van der Waals surface area contributed by atoms with Crippen LogP contribution in [0, 0.1) is 6.92 Å². The largest absolute Gasteiger partial charge is 0.480 e. The lowest BCUT2D eigenvalue weighted by molar-refractivity contribution is -0.141. The highest BCUT2D eigenvalue weighted by atomic mass is 79.9. The van der Waals surface area contributed by atoms with Gasteiger partial charge in [-0.3, -0.25) is 0 Å². The standard InChI is InChI=1S/C13H15BrN2O4/c1-7-4-8(2-3-10(7)14)15-13(20)16-6-9(17)5-11(16)12(18)19/h2-4,9,11,17H,5-6H2,1H3,(H,15,20)(H,18,19). The highest BCUT2D eigenvalue weighted by Gasteiger charge is 2.38. The first-order chi connectivity index (χ1) is 9.38. The van der Waals surface area contributed by atoms with E-state index in [0.717, 1.165) is 14.9 Å². The van der Waals surface area contributed by atoms with E-state index in [1.54, 1.807) is 18.2 Å². The Morgan fingerprint density at radius 1 is 1.45 bits per heavy atom. The van der Waals surface area contributed by atoms with Crippen molar-refractivity contribution in [1.29, 1.82) is 0 Å². The zero-order chi connectivity index (χ0) is 14.9. The van der Waals surface area contributed by atoms with Crippen LogP contribution in [0.2, 0.25) is 0 Å². The molecule has 0 spiro atoms. The molecule has 0 saturated carbocycles. The number of benzene rings is 1. The Morgan fingerprint density at radius 2 is 2.15 bits per heavy atom. The number of urea groups is 1. The number of aryl methyl sites for hydroxylation is 1. The maximum Gasteiger partial charge on any atom is 0.326 e. The van der Waals surface area contributed by atoms with Gasteiger partial charge in [-0.05, 0) is 30.7 Å². The number of carbonyl (C=O) groups excluding carboxylic acids is 1. The van der Waals surface area contributed by atoms with Crippen LogP contribution < -0.4 is 5.32 Å². The molecule has 1 aliphatic rings. The number of aliphatic hydroxyl groups excluding tert-OH is 1. The number of anilines is 1. The SMILES string of the molecule is Cc1cc(NC(=O)N2CC(O)CC2C(=O)O)ccc1Br. The summed E-state index contributed by atoms with van der Waals surface area (Å²) >= 11 is 3.36. The number of rotatable bonds is 2. The number of β-amino-alcohol motifs (C(OH)–C–C–N with tert-alkyl or cyclic N) is 1. The highest BCUT2D eigenvalue weighted by Crippen LogP contribution is 2.22. The molecular weight excluding hydrogens is 328 g/mol. The van der Waals surface area contributed by atoms with E-state index >= 15 is 0 Å². The van der Waals surface area contributed by atoms with Crippen LogP contribution in [0.3, 0.4) is 0 Å². The number of aliphatic carboxylic acids is 1. The van der Waals surface area contributed by atoms with Gasteiger partial charge < -0.3 is 20.4 Å². The van der Waals surface area contributed by atoms with Crippen LogP contribution >= 0.6 is 15.9 Å². The van der Waals surface area contributed by atoms with Gasteiger partial charge in [0.2, 0.25) is 0 Å². The normalized spacial score (nSPS) is 21.9. The number of amides is 2. The van der Waals surface area contributed by atoms with Gasteiger partial charge in [0.25, 0.3) is 0 Å². The Balaban J connectivity index is 2.11. The molecule has 1 aliphatic heterocycles. The number of carboxylic acid groups (broad SMARTS) is 1. The second kappa shape index (κ2) is 5.80. The van der Waals surface area contributed by atoms with Crippen molar-refractivity contribution in [3.63, 3.8) is 0 Å². The summed E-state index contributed by atoms with van der Waals surface area (Å²) in [5, 5.41) is 21.2. The molecule has 0 radical (unpaired) electrons. The third-order valence-electron chi connectivity index (χ3n) is 3.23. The molecule has 1 aromatic carbocycles. The fourth-order valence-electron chi connectivity index (χ4n) is 2.19. The lowest BCUT2D eigenvalue weighted by atomic mass is 10.2. The molecule has 7 heteroatoms. The topological polar surface area (TPSA) is 89.9 Å². The van der Waals surface area contributed by atoms with E-state index in [1.807, 2.05) is 6.92 Å². The van der Waals surface area contributed by atoms with Crippen LogP contribution in [0.4, 0.5) is 10.5 Å². The number of likely N-dealkylation sites (tertiary alicyclic amines) is 1. The predicted octanol–water partition coefficient (Wildman–Crippen LogP) is 1.81. The smallest absolute Gasteiger partial charge is 0.326 e. The zero-order valence-corrected chi connectivity index (χ0v) is 12.4.